The van der Waals surface area contributed by atoms with E-state index in [2.05, 4.69) is 10.3 Å². The third kappa shape index (κ3) is 2.02. The summed E-state index contributed by atoms with van der Waals surface area (Å²) >= 11 is 1.52. The largest absolute Gasteiger partial charge is 0.342 e. The highest BCUT2D eigenvalue weighted by molar-refractivity contribution is 7.09. The van der Waals surface area contributed by atoms with Gasteiger partial charge in [-0.25, -0.2) is 0 Å². The summed E-state index contributed by atoms with van der Waals surface area (Å²) in [5.41, 5.74) is 1.06. The van der Waals surface area contributed by atoms with Crippen molar-refractivity contribution in [1.29, 1.82) is 0 Å². The van der Waals surface area contributed by atoms with Gasteiger partial charge in [0.1, 0.15) is 11.6 Å². The molecule has 20 heavy (non-hydrogen) atoms. The van der Waals surface area contributed by atoms with Gasteiger partial charge in [0.2, 0.25) is 11.8 Å². The molecule has 0 radical (unpaired) electrons. The van der Waals surface area contributed by atoms with E-state index in [9.17, 15) is 9.59 Å². The topological polar surface area (TPSA) is 62.3 Å². The van der Waals surface area contributed by atoms with E-state index in [4.69, 9.17) is 0 Å². The lowest BCUT2D eigenvalue weighted by atomic mass is 9.87. The predicted molar refractivity (Wildman–Crippen MR) is 76.0 cm³/mol. The quantitative estimate of drug-likeness (QED) is 0.916. The van der Waals surface area contributed by atoms with Crippen LogP contribution in [0.15, 0.2) is 11.7 Å². The Morgan fingerprint density at radius 1 is 1.50 bits per heavy atom. The molecule has 1 aliphatic carbocycles. The Hall–Kier alpha value is -1.43. The summed E-state index contributed by atoms with van der Waals surface area (Å²) in [6.45, 7) is 4.32. The number of nitrogens with one attached hydrogen (secondary N) is 1. The molecule has 6 heteroatoms. The second-order valence-electron chi connectivity index (χ2n) is 5.75. The van der Waals surface area contributed by atoms with Crippen LogP contribution in [0.4, 0.5) is 0 Å². The number of aromatic nitrogens is 1. The molecule has 0 aromatic carbocycles. The molecule has 1 saturated carbocycles. The molecule has 0 bridgehead atoms. The Kier molecular flexibility index (Phi) is 3.28. The molecule has 2 unspecified atom stereocenters. The van der Waals surface area contributed by atoms with Crippen molar-refractivity contribution in [2.24, 2.45) is 5.92 Å². The molecule has 1 aromatic rings. The van der Waals surface area contributed by atoms with Gasteiger partial charge < -0.3 is 10.2 Å². The van der Waals surface area contributed by atoms with Crippen molar-refractivity contribution in [3.8, 4) is 0 Å². The highest BCUT2D eigenvalue weighted by atomic mass is 32.1. The standard InChI is InChI=1S/C14H19N3O2S/c1-3-11-12(18)17(7-10-6-15-8-20-10)14(2,9-4-5-9)13(19)16-11/h6,8-9,11H,3-5,7H2,1-2H3,(H,16,19). The Morgan fingerprint density at radius 3 is 2.80 bits per heavy atom. The van der Waals surface area contributed by atoms with Gasteiger partial charge in [0.15, 0.2) is 0 Å². The summed E-state index contributed by atoms with van der Waals surface area (Å²) in [7, 11) is 0. The molecule has 3 rings (SSSR count). The molecule has 2 heterocycles. The minimum atomic E-state index is -0.702. The van der Waals surface area contributed by atoms with Crippen molar-refractivity contribution < 1.29 is 9.59 Å². The number of hydrogen-bond acceptors (Lipinski definition) is 4. The van der Waals surface area contributed by atoms with E-state index in [0.29, 0.717) is 13.0 Å². The van der Waals surface area contributed by atoms with Gasteiger partial charge in [0.25, 0.3) is 0 Å². The number of piperazine rings is 1. The van der Waals surface area contributed by atoms with Gasteiger partial charge in [-0.1, -0.05) is 6.92 Å². The molecule has 1 aliphatic heterocycles. The number of carbonyl (C=O) groups is 2. The molecule has 0 spiro atoms. The van der Waals surface area contributed by atoms with E-state index >= 15 is 0 Å². The van der Waals surface area contributed by atoms with Crippen molar-refractivity contribution in [1.82, 2.24) is 15.2 Å². The normalized spacial score (nSPS) is 30.5. The fraction of sp³-hybridized carbons (Fsp3) is 0.643. The highest BCUT2D eigenvalue weighted by Crippen LogP contribution is 2.45. The first-order valence-electron chi connectivity index (χ1n) is 7.07. The second kappa shape index (κ2) is 4.84. The molecule has 2 amide bonds. The van der Waals surface area contributed by atoms with Crippen LogP contribution in [0, 0.1) is 5.92 Å². The van der Waals surface area contributed by atoms with Crippen LogP contribution >= 0.6 is 11.3 Å². The fourth-order valence-corrected chi connectivity index (χ4v) is 3.53. The molecular formula is C14H19N3O2S. The average Bonchev–Trinajstić information content (AvgIpc) is 3.17. The number of amides is 2. The zero-order valence-electron chi connectivity index (χ0n) is 11.8. The van der Waals surface area contributed by atoms with Gasteiger partial charge in [0, 0.05) is 11.1 Å². The molecular weight excluding hydrogens is 274 g/mol. The summed E-state index contributed by atoms with van der Waals surface area (Å²) < 4.78 is 0. The summed E-state index contributed by atoms with van der Waals surface area (Å²) in [5.74, 6) is 0.322. The predicted octanol–water partition coefficient (Wildman–Crippen LogP) is 1.55. The lowest BCUT2D eigenvalue weighted by molar-refractivity contribution is -0.159. The van der Waals surface area contributed by atoms with Gasteiger partial charge in [-0.05, 0) is 32.1 Å². The first-order valence-corrected chi connectivity index (χ1v) is 7.95. The summed E-state index contributed by atoms with van der Waals surface area (Å²) in [5, 5.41) is 2.89. The molecule has 1 saturated heterocycles. The van der Waals surface area contributed by atoms with Crippen LogP contribution < -0.4 is 5.32 Å². The van der Waals surface area contributed by atoms with Crippen LogP contribution in [0.1, 0.15) is 38.0 Å². The molecule has 1 N–H and O–H groups in total. The number of thiazole rings is 1. The van der Waals surface area contributed by atoms with Gasteiger partial charge in [0.05, 0.1) is 12.1 Å². The first kappa shape index (κ1) is 13.5. The zero-order chi connectivity index (χ0) is 14.3. The van der Waals surface area contributed by atoms with Gasteiger partial charge in [-0.15, -0.1) is 11.3 Å². The molecule has 2 aliphatic rings. The Balaban J connectivity index is 1.93. The Morgan fingerprint density at radius 2 is 2.25 bits per heavy atom. The first-order chi connectivity index (χ1) is 9.57. The lowest BCUT2D eigenvalue weighted by Gasteiger charge is -2.46. The zero-order valence-corrected chi connectivity index (χ0v) is 12.6. The average molecular weight is 293 g/mol. The van der Waals surface area contributed by atoms with E-state index < -0.39 is 5.54 Å². The molecule has 5 nitrogen and oxygen atoms in total. The Labute approximate surface area is 122 Å². The van der Waals surface area contributed by atoms with Crippen LogP contribution in [0.2, 0.25) is 0 Å². The minimum absolute atomic E-state index is 0.00374. The van der Waals surface area contributed by atoms with E-state index in [1.54, 1.807) is 16.6 Å². The van der Waals surface area contributed by atoms with Crippen LogP contribution in [0.25, 0.3) is 0 Å². The SMILES string of the molecule is CCC1NC(=O)C(C)(C2CC2)N(Cc2cncs2)C1=O. The smallest absolute Gasteiger partial charge is 0.246 e. The van der Waals surface area contributed by atoms with Crippen molar-refractivity contribution in [2.75, 3.05) is 0 Å². The van der Waals surface area contributed by atoms with Gasteiger partial charge >= 0.3 is 0 Å². The van der Waals surface area contributed by atoms with Crippen molar-refractivity contribution in [3.05, 3.63) is 16.6 Å². The minimum Gasteiger partial charge on any atom is -0.342 e. The van der Waals surface area contributed by atoms with E-state index in [1.165, 1.54) is 11.3 Å². The molecule has 2 fully saturated rings. The van der Waals surface area contributed by atoms with Gasteiger partial charge in [-0.3, -0.25) is 14.6 Å². The lowest BCUT2D eigenvalue weighted by Crippen LogP contribution is -2.69. The van der Waals surface area contributed by atoms with Crippen LogP contribution in [-0.4, -0.2) is 33.3 Å². The summed E-state index contributed by atoms with van der Waals surface area (Å²) in [4.78, 5) is 32.1. The van der Waals surface area contributed by atoms with Crippen molar-refractivity contribution >= 4 is 23.2 Å². The highest BCUT2D eigenvalue weighted by Gasteiger charge is 2.56. The van der Waals surface area contributed by atoms with Crippen molar-refractivity contribution in [3.63, 3.8) is 0 Å². The number of hydrogen-bond donors (Lipinski definition) is 1. The fourth-order valence-electron chi connectivity index (χ4n) is 2.95. The molecule has 2 atom stereocenters. The third-order valence-corrected chi connectivity index (χ3v) is 5.23. The van der Waals surface area contributed by atoms with Crippen LogP contribution in [-0.2, 0) is 16.1 Å². The monoisotopic (exact) mass is 293 g/mol. The maximum Gasteiger partial charge on any atom is 0.246 e. The van der Waals surface area contributed by atoms with Gasteiger partial charge in [-0.2, -0.15) is 0 Å². The second-order valence-corrected chi connectivity index (χ2v) is 6.72. The Bertz CT molecular complexity index is 527. The number of rotatable bonds is 4. The van der Waals surface area contributed by atoms with E-state index in [0.717, 1.165) is 17.7 Å². The third-order valence-electron chi connectivity index (χ3n) is 4.47. The van der Waals surface area contributed by atoms with E-state index in [-0.39, 0.29) is 23.8 Å². The summed E-state index contributed by atoms with van der Waals surface area (Å²) in [6.07, 6.45) is 4.45. The van der Waals surface area contributed by atoms with E-state index in [1.807, 2.05) is 13.8 Å². The van der Waals surface area contributed by atoms with Crippen molar-refractivity contribution in [2.45, 2.75) is 51.2 Å². The van der Waals surface area contributed by atoms with Crippen LogP contribution in [0.5, 0.6) is 0 Å². The number of nitrogens with zero attached hydrogens (tertiary/aromatic N) is 2. The van der Waals surface area contributed by atoms with Crippen LogP contribution in [0.3, 0.4) is 0 Å². The maximum atomic E-state index is 12.7. The summed E-state index contributed by atoms with van der Waals surface area (Å²) in [6, 6.07) is -0.387. The molecule has 1 aromatic heterocycles. The maximum absolute atomic E-state index is 12.7. The molecule has 108 valence electrons. The number of carbonyl (C=O) groups excluding carboxylic acids is 2.